The van der Waals surface area contributed by atoms with Crippen molar-refractivity contribution in [2.75, 3.05) is 0 Å². The molecule has 0 heterocycles. The van der Waals surface area contributed by atoms with E-state index in [1.165, 1.54) is 12.0 Å². The Morgan fingerprint density at radius 3 is 2.67 bits per heavy atom. The number of hydrogen-bond donors (Lipinski definition) is 0. The Bertz CT molecular complexity index is 142. The molecule has 0 heteroatoms. The lowest BCUT2D eigenvalue weighted by molar-refractivity contribution is 0.535. The van der Waals surface area contributed by atoms with Crippen LogP contribution in [0.4, 0.5) is 0 Å². The van der Waals surface area contributed by atoms with Gasteiger partial charge < -0.3 is 0 Å². The monoisotopic (exact) mass is 122 g/mol. The second-order valence-electron chi connectivity index (χ2n) is 2.87. The lowest BCUT2D eigenvalue weighted by Gasteiger charge is -2.11. The van der Waals surface area contributed by atoms with Gasteiger partial charge >= 0.3 is 0 Å². The van der Waals surface area contributed by atoms with E-state index in [0.717, 1.165) is 5.92 Å². The van der Waals surface area contributed by atoms with E-state index in [2.05, 4.69) is 32.6 Å². The first-order valence-corrected chi connectivity index (χ1v) is 3.55. The first-order chi connectivity index (χ1) is 4.25. The average Bonchev–Trinajstić information content (AvgIpc) is 2.15. The van der Waals surface area contributed by atoms with E-state index in [1.807, 2.05) is 0 Å². The van der Waals surface area contributed by atoms with Crippen LogP contribution >= 0.6 is 0 Å². The van der Waals surface area contributed by atoms with Crippen LogP contribution in [0, 0.1) is 11.8 Å². The molecule has 0 fully saturated rings. The summed E-state index contributed by atoms with van der Waals surface area (Å²) in [5, 5.41) is 0. The highest BCUT2D eigenvalue weighted by Gasteiger charge is 2.19. The van der Waals surface area contributed by atoms with Crippen molar-refractivity contribution in [2.45, 2.75) is 20.3 Å². The van der Waals surface area contributed by atoms with Crippen molar-refractivity contribution in [1.29, 1.82) is 0 Å². The largest absolute Gasteiger partial charge is 0.103 e. The number of hydrogen-bond acceptors (Lipinski definition) is 0. The zero-order valence-corrected chi connectivity index (χ0v) is 6.22. The molecule has 0 saturated heterocycles. The normalized spacial score (nSPS) is 34.2. The van der Waals surface area contributed by atoms with Crippen LogP contribution in [0.1, 0.15) is 20.3 Å². The number of allylic oxidation sites excluding steroid dienone is 3. The first kappa shape index (κ1) is 6.60. The predicted octanol–water partition coefficient (Wildman–Crippen LogP) is 2.77. The van der Waals surface area contributed by atoms with Crippen LogP contribution in [0.15, 0.2) is 24.3 Å². The van der Waals surface area contributed by atoms with Crippen LogP contribution in [-0.4, -0.2) is 0 Å². The smallest absolute Gasteiger partial charge is 0.0139 e. The molecule has 0 spiro atoms. The van der Waals surface area contributed by atoms with Crippen molar-refractivity contribution in [3.05, 3.63) is 24.3 Å². The highest BCUT2D eigenvalue weighted by molar-refractivity contribution is 5.14. The quantitative estimate of drug-likeness (QED) is 0.469. The van der Waals surface area contributed by atoms with Crippen molar-refractivity contribution in [2.24, 2.45) is 11.8 Å². The molecule has 0 radical (unpaired) electrons. The highest BCUT2D eigenvalue weighted by Crippen LogP contribution is 2.31. The molecule has 0 aliphatic heterocycles. The minimum atomic E-state index is 0.713. The lowest BCUT2D eigenvalue weighted by Crippen LogP contribution is -2.01. The van der Waals surface area contributed by atoms with Crippen LogP contribution in [0.5, 0.6) is 0 Å². The maximum absolute atomic E-state index is 3.79. The summed E-state index contributed by atoms with van der Waals surface area (Å²) in [7, 11) is 0. The molecule has 50 valence electrons. The molecule has 0 bridgehead atoms. The molecular weight excluding hydrogens is 108 g/mol. The molecule has 0 amide bonds. The number of rotatable bonds is 1. The average molecular weight is 122 g/mol. The van der Waals surface area contributed by atoms with Crippen molar-refractivity contribution < 1.29 is 0 Å². The molecule has 9 heavy (non-hydrogen) atoms. The van der Waals surface area contributed by atoms with Gasteiger partial charge in [-0.1, -0.05) is 24.6 Å². The van der Waals surface area contributed by atoms with Crippen molar-refractivity contribution >= 4 is 0 Å². The molecule has 0 saturated carbocycles. The summed E-state index contributed by atoms with van der Waals surface area (Å²) < 4.78 is 0. The molecule has 2 unspecified atom stereocenters. The third kappa shape index (κ3) is 1.07. The summed E-state index contributed by atoms with van der Waals surface area (Å²) in [5.74, 6) is 1.45. The summed E-state index contributed by atoms with van der Waals surface area (Å²) in [6.07, 6.45) is 5.59. The topological polar surface area (TPSA) is 0 Å². The maximum atomic E-state index is 3.79. The van der Waals surface area contributed by atoms with Gasteiger partial charge in [0.2, 0.25) is 0 Å². The van der Waals surface area contributed by atoms with E-state index in [9.17, 15) is 0 Å². The fourth-order valence-electron chi connectivity index (χ4n) is 1.35. The van der Waals surface area contributed by atoms with Crippen LogP contribution in [0.25, 0.3) is 0 Å². The van der Waals surface area contributed by atoms with Gasteiger partial charge in [0.1, 0.15) is 0 Å². The standard InChI is InChI=1S/C9H14/c1-4-9-6-5-7(2)8(9)3/h4-5,8-9H,1,6H2,2-3H3. The minimum absolute atomic E-state index is 0.713. The van der Waals surface area contributed by atoms with Gasteiger partial charge in [0.05, 0.1) is 0 Å². The van der Waals surface area contributed by atoms with Gasteiger partial charge in [-0.05, 0) is 25.2 Å². The van der Waals surface area contributed by atoms with E-state index in [-0.39, 0.29) is 0 Å². The Labute approximate surface area is 57.3 Å². The van der Waals surface area contributed by atoms with Crippen LogP contribution in [0.2, 0.25) is 0 Å². The van der Waals surface area contributed by atoms with E-state index >= 15 is 0 Å². The fraction of sp³-hybridized carbons (Fsp3) is 0.556. The Hall–Kier alpha value is -0.520. The summed E-state index contributed by atoms with van der Waals surface area (Å²) in [6, 6.07) is 0. The molecule has 0 aromatic heterocycles. The second kappa shape index (κ2) is 2.38. The highest BCUT2D eigenvalue weighted by atomic mass is 14.2. The van der Waals surface area contributed by atoms with Gasteiger partial charge in [-0.25, -0.2) is 0 Å². The van der Waals surface area contributed by atoms with Crippen molar-refractivity contribution in [3.63, 3.8) is 0 Å². The Morgan fingerprint density at radius 2 is 2.44 bits per heavy atom. The van der Waals surface area contributed by atoms with Gasteiger partial charge in [0.25, 0.3) is 0 Å². The zero-order chi connectivity index (χ0) is 6.85. The summed E-state index contributed by atoms with van der Waals surface area (Å²) in [6.45, 7) is 8.27. The molecule has 1 rings (SSSR count). The van der Waals surface area contributed by atoms with Gasteiger partial charge in [-0.3, -0.25) is 0 Å². The van der Waals surface area contributed by atoms with E-state index < -0.39 is 0 Å². The molecule has 0 N–H and O–H groups in total. The van der Waals surface area contributed by atoms with Crippen LogP contribution in [0.3, 0.4) is 0 Å². The fourth-order valence-corrected chi connectivity index (χ4v) is 1.35. The summed E-state index contributed by atoms with van der Waals surface area (Å²) in [5.41, 5.74) is 1.53. The summed E-state index contributed by atoms with van der Waals surface area (Å²) >= 11 is 0. The molecule has 1 aliphatic rings. The third-order valence-corrected chi connectivity index (χ3v) is 2.38. The molecular formula is C9H14. The molecule has 0 aromatic rings. The summed E-state index contributed by atoms with van der Waals surface area (Å²) in [4.78, 5) is 0. The van der Waals surface area contributed by atoms with Crippen LogP contribution in [-0.2, 0) is 0 Å². The van der Waals surface area contributed by atoms with E-state index in [1.54, 1.807) is 0 Å². The van der Waals surface area contributed by atoms with Gasteiger partial charge in [-0.15, -0.1) is 6.58 Å². The minimum Gasteiger partial charge on any atom is -0.103 e. The van der Waals surface area contributed by atoms with E-state index in [0.29, 0.717) is 5.92 Å². The molecule has 2 atom stereocenters. The first-order valence-electron chi connectivity index (χ1n) is 3.55. The Kier molecular flexibility index (Phi) is 1.75. The maximum Gasteiger partial charge on any atom is -0.0139 e. The van der Waals surface area contributed by atoms with Crippen molar-refractivity contribution in [1.82, 2.24) is 0 Å². The Balaban J connectivity index is 2.61. The molecule has 0 nitrogen and oxygen atoms in total. The van der Waals surface area contributed by atoms with E-state index in [4.69, 9.17) is 0 Å². The third-order valence-electron chi connectivity index (χ3n) is 2.38. The van der Waals surface area contributed by atoms with Crippen molar-refractivity contribution in [3.8, 4) is 0 Å². The van der Waals surface area contributed by atoms with Gasteiger partial charge in [-0.2, -0.15) is 0 Å². The van der Waals surface area contributed by atoms with Crippen LogP contribution < -0.4 is 0 Å². The lowest BCUT2D eigenvalue weighted by atomic mass is 9.94. The van der Waals surface area contributed by atoms with Gasteiger partial charge in [0.15, 0.2) is 0 Å². The molecule has 0 aromatic carbocycles. The molecule has 1 aliphatic carbocycles. The SMILES string of the molecule is C=CC1CC=C(C)C1C. The van der Waals surface area contributed by atoms with Gasteiger partial charge in [0, 0.05) is 0 Å². The predicted molar refractivity (Wildman–Crippen MR) is 41.2 cm³/mol. The second-order valence-corrected chi connectivity index (χ2v) is 2.87. The Morgan fingerprint density at radius 1 is 1.78 bits per heavy atom. The zero-order valence-electron chi connectivity index (χ0n) is 6.22.